The van der Waals surface area contributed by atoms with Gasteiger partial charge in [0, 0.05) is 49.5 Å². The number of anilines is 1. The van der Waals surface area contributed by atoms with E-state index in [2.05, 4.69) is 25.8 Å². The number of methoxy groups -OCH3 is 1. The topological polar surface area (TPSA) is 134 Å². The Morgan fingerprint density at radius 1 is 1.00 bits per heavy atom. The monoisotopic (exact) mass is 582 g/mol. The summed E-state index contributed by atoms with van der Waals surface area (Å²) in [5.41, 5.74) is 5.30. The molecule has 0 aliphatic rings. The highest BCUT2D eigenvalue weighted by atomic mass is 19.1. The third kappa shape index (κ3) is 5.88. The zero-order chi connectivity index (χ0) is 30.7. The van der Waals surface area contributed by atoms with Crippen molar-refractivity contribution in [2.75, 3.05) is 12.4 Å². The fourth-order valence-corrected chi connectivity index (χ4v) is 5.05. The SMILES string of the molecule is COc1cc(-c2cccc(-c3cccc(NC(=O)c4c[nH]c(=O)n(C)c4=O)c3C)c2C)cc(F)c1CNCc1ccn[nH]1. The summed E-state index contributed by atoms with van der Waals surface area (Å²) in [6, 6.07) is 16.5. The van der Waals surface area contributed by atoms with E-state index in [0.717, 1.165) is 44.3 Å². The third-order valence-electron chi connectivity index (χ3n) is 7.49. The maximum absolute atomic E-state index is 15.4. The van der Waals surface area contributed by atoms with Gasteiger partial charge in [-0.05, 0) is 71.5 Å². The molecular formula is C32H31FN6O4. The summed E-state index contributed by atoms with van der Waals surface area (Å²) < 4.78 is 21.9. The van der Waals surface area contributed by atoms with Gasteiger partial charge >= 0.3 is 5.69 Å². The summed E-state index contributed by atoms with van der Waals surface area (Å²) in [6.07, 6.45) is 2.77. The summed E-state index contributed by atoms with van der Waals surface area (Å²) in [5.74, 6) is -0.582. The van der Waals surface area contributed by atoms with Crippen molar-refractivity contribution < 1.29 is 13.9 Å². The molecule has 43 heavy (non-hydrogen) atoms. The predicted octanol–water partition coefficient (Wildman–Crippen LogP) is 4.44. The van der Waals surface area contributed by atoms with Gasteiger partial charge in [0.05, 0.1) is 7.11 Å². The number of benzene rings is 3. The molecule has 2 heterocycles. The summed E-state index contributed by atoms with van der Waals surface area (Å²) in [5, 5.41) is 12.8. The molecule has 10 nitrogen and oxygen atoms in total. The van der Waals surface area contributed by atoms with Crippen LogP contribution in [0.3, 0.4) is 0 Å². The van der Waals surface area contributed by atoms with Crippen LogP contribution in [0, 0.1) is 19.7 Å². The normalized spacial score (nSPS) is 11.0. The molecule has 0 unspecified atom stereocenters. The van der Waals surface area contributed by atoms with E-state index in [1.807, 2.05) is 56.3 Å². The van der Waals surface area contributed by atoms with Gasteiger partial charge in [-0.3, -0.25) is 19.3 Å². The van der Waals surface area contributed by atoms with Gasteiger partial charge in [0.15, 0.2) is 0 Å². The average Bonchev–Trinajstić information content (AvgIpc) is 3.51. The first-order chi connectivity index (χ1) is 20.7. The van der Waals surface area contributed by atoms with Crippen molar-refractivity contribution in [2.24, 2.45) is 7.05 Å². The van der Waals surface area contributed by atoms with Crippen LogP contribution in [-0.2, 0) is 20.1 Å². The Labute approximate surface area is 246 Å². The number of carbonyl (C=O) groups excluding carboxylic acids is 1. The lowest BCUT2D eigenvalue weighted by Crippen LogP contribution is -2.37. The molecule has 0 aliphatic heterocycles. The van der Waals surface area contributed by atoms with Crippen molar-refractivity contribution in [1.29, 1.82) is 0 Å². The molecule has 0 radical (unpaired) electrons. The lowest BCUT2D eigenvalue weighted by molar-refractivity contribution is 0.102. The number of carbonyl (C=O) groups is 1. The lowest BCUT2D eigenvalue weighted by Gasteiger charge is -2.18. The van der Waals surface area contributed by atoms with Crippen LogP contribution in [0.1, 0.15) is 32.7 Å². The molecule has 4 N–H and O–H groups in total. The average molecular weight is 583 g/mol. The fraction of sp³-hybridized carbons (Fsp3) is 0.188. The minimum atomic E-state index is -0.694. The van der Waals surface area contributed by atoms with Gasteiger partial charge in [0.25, 0.3) is 11.5 Å². The van der Waals surface area contributed by atoms with E-state index in [1.165, 1.54) is 20.2 Å². The molecular weight excluding hydrogens is 551 g/mol. The maximum atomic E-state index is 15.4. The first-order valence-electron chi connectivity index (χ1n) is 13.5. The van der Waals surface area contributed by atoms with Crippen LogP contribution in [0.4, 0.5) is 10.1 Å². The molecule has 11 heteroatoms. The molecule has 0 bridgehead atoms. The molecule has 1 amide bonds. The molecule has 3 aromatic carbocycles. The summed E-state index contributed by atoms with van der Waals surface area (Å²) in [6.45, 7) is 4.61. The van der Waals surface area contributed by atoms with Gasteiger partial charge in [0.1, 0.15) is 17.1 Å². The standard InChI is InChI=1S/C32H31FN6O4/c1-18-22(20-13-27(33)25(29(14-20)43-4)16-34-15-21-11-12-36-38-21)7-5-8-23(18)24-9-6-10-28(19(24)2)37-30(40)26-17-35-32(42)39(3)31(26)41/h5-14,17,34H,15-16H2,1-4H3,(H,35,42)(H,36,38)(H,37,40). The molecule has 0 saturated carbocycles. The Hall–Kier alpha value is -5.29. The second-order valence-corrected chi connectivity index (χ2v) is 10.1. The van der Waals surface area contributed by atoms with E-state index in [-0.39, 0.29) is 17.9 Å². The second-order valence-electron chi connectivity index (χ2n) is 10.1. The third-order valence-corrected chi connectivity index (χ3v) is 7.49. The zero-order valence-corrected chi connectivity index (χ0v) is 24.2. The van der Waals surface area contributed by atoms with E-state index in [0.29, 0.717) is 29.1 Å². The zero-order valence-electron chi connectivity index (χ0n) is 24.2. The fourth-order valence-electron chi connectivity index (χ4n) is 5.05. The second kappa shape index (κ2) is 12.3. The number of nitrogens with zero attached hydrogens (tertiary/aromatic N) is 2. The van der Waals surface area contributed by atoms with E-state index in [1.54, 1.807) is 12.3 Å². The number of aromatic nitrogens is 4. The van der Waals surface area contributed by atoms with Crippen LogP contribution < -0.4 is 26.6 Å². The van der Waals surface area contributed by atoms with Crippen molar-refractivity contribution in [3.05, 3.63) is 122 Å². The number of ether oxygens (including phenoxy) is 1. The van der Waals surface area contributed by atoms with Gasteiger partial charge in [-0.25, -0.2) is 9.18 Å². The first kappa shape index (κ1) is 29.2. The Morgan fingerprint density at radius 2 is 1.72 bits per heavy atom. The van der Waals surface area contributed by atoms with Crippen LogP contribution in [-0.4, -0.2) is 32.8 Å². The molecule has 220 valence electrons. The summed E-state index contributed by atoms with van der Waals surface area (Å²) in [4.78, 5) is 39.5. The number of H-pyrrole nitrogens is 2. The van der Waals surface area contributed by atoms with Gasteiger partial charge in [-0.1, -0.05) is 30.3 Å². The van der Waals surface area contributed by atoms with Crippen molar-refractivity contribution in [3.63, 3.8) is 0 Å². The predicted molar refractivity (Wildman–Crippen MR) is 163 cm³/mol. The summed E-state index contributed by atoms with van der Waals surface area (Å²) >= 11 is 0. The Balaban J connectivity index is 1.45. The van der Waals surface area contributed by atoms with Crippen LogP contribution in [0.2, 0.25) is 0 Å². The van der Waals surface area contributed by atoms with Gasteiger partial charge in [-0.2, -0.15) is 5.10 Å². The number of rotatable bonds is 9. The van der Waals surface area contributed by atoms with Crippen molar-refractivity contribution in [3.8, 4) is 28.0 Å². The quantitative estimate of drug-likeness (QED) is 0.203. The molecule has 5 aromatic rings. The largest absolute Gasteiger partial charge is 0.496 e. The number of hydrogen-bond donors (Lipinski definition) is 4. The minimum absolute atomic E-state index is 0.180. The molecule has 0 fully saturated rings. The molecule has 0 aliphatic carbocycles. The van der Waals surface area contributed by atoms with Crippen LogP contribution in [0.25, 0.3) is 22.3 Å². The Morgan fingerprint density at radius 3 is 2.44 bits per heavy atom. The van der Waals surface area contributed by atoms with Gasteiger partial charge < -0.3 is 20.4 Å². The lowest BCUT2D eigenvalue weighted by atomic mass is 9.90. The highest BCUT2D eigenvalue weighted by Crippen LogP contribution is 2.37. The highest BCUT2D eigenvalue weighted by molar-refractivity contribution is 6.04. The van der Waals surface area contributed by atoms with E-state index in [9.17, 15) is 14.4 Å². The van der Waals surface area contributed by atoms with E-state index in [4.69, 9.17) is 4.74 Å². The van der Waals surface area contributed by atoms with Crippen molar-refractivity contribution in [1.82, 2.24) is 25.1 Å². The smallest absolute Gasteiger partial charge is 0.328 e. The first-order valence-corrected chi connectivity index (χ1v) is 13.5. The molecule has 2 aromatic heterocycles. The van der Waals surface area contributed by atoms with E-state index < -0.39 is 17.2 Å². The van der Waals surface area contributed by atoms with Crippen LogP contribution in [0.15, 0.2) is 76.6 Å². The van der Waals surface area contributed by atoms with Crippen molar-refractivity contribution >= 4 is 11.6 Å². The Kier molecular flexibility index (Phi) is 8.35. The molecule has 0 atom stereocenters. The van der Waals surface area contributed by atoms with E-state index >= 15 is 4.39 Å². The number of nitrogens with one attached hydrogen (secondary N) is 4. The van der Waals surface area contributed by atoms with Crippen LogP contribution in [0.5, 0.6) is 5.75 Å². The van der Waals surface area contributed by atoms with Crippen molar-refractivity contribution in [2.45, 2.75) is 26.9 Å². The molecule has 0 spiro atoms. The minimum Gasteiger partial charge on any atom is -0.496 e. The molecule has 0 saturated heterocycles. The number of amides is 1. The number of aromatic amines is 2. The molecule has 5 rings (SSSR count). The van der Waals surface area contributed by atoms with Gasteiger partial charge in [-0.15, -0.1) is 0 Å². The Bertz CT molecular complexity index is 1930. The van der Waals surface area contributed by atoms with Gasteiger partial charge in [0.2, 0.25) is 0 Å². The summed E-state index contributed by atoms with van der Waals surface area (Å²) in [7, 11) is 2.82. The van der Waals surface area contributed by atoms with Crippen LogP contribution >= 0.6 is 0 Å². The highest BCUT2D eigenvalue weighted by Gasteiger charge is 2.18. The number of halogens is 1. The maximum Gasteiger partial charge on any atom is 0.328 e. The number of hydrogen-bond acceptors (Lipinski definition) is 6.